The normalized spacial score (nSPS) is 23.1. The van der Waals surface area contributed by atoms with Gasteiger partial charge in [0.15, 0.2) is 0 Å². The second-order valence-corrected chi connectivity index (χ2v) is 6.94. The van der Waals surface area contributed by atoms with Crippen molar-refractivity contribution in [2.24, 2.45) is 10.8 Å². The fraction of sp³-hybridized carbons (Fsp3) is 0.875. The molecule has 0 radical (unpaired) electrons. The molecule has 2 fully saturated rings. The van der Waals surface area contributed by atoms with Crippen LogP contribution in [0.3, 0.4) is 0 Å². The molecule has 0 aromatic carbocycles. The number of hydrogen-bond donors (Lipinski definition) is 2. The summed E-state index contributed by atoms with van der Waals surface area (Å²) in [6, 6.07) is 0. The number of aliphatic carboxylic acids is 1. The lowest BCUT2D eigenvalue weighted by molar-refractivity contribution is -0.140. The maximum atomic E-state index is 12.2. The smallest absolute Gasteiger partial charge is 0.303 e. The van der Waals surface area contributed by atoms with Crippen LogP contribution in [0.5, 0.6) is 0 Å². The van der Waals surface area contributed by atoms with Crippen LogP contribution in [-0.4, -0.2) is 23.5 Å². The van der Waals surface area contributed by atoms with Gasteiger partial charge in [-0.05, 0) is 42.9 Å². The first kappa shape index (κ1) is 15.3. The number of nitrogens with one attached hydrogen (secondary N) is 1. The van der Waals surface area contributed by atoms with Gasteiger partial charge in [0.25, 0.3) is 0 Å². The minimum Gasteiger partial charge on any atom is -0.481 e. The van der Waals surface area contributed by atoms with Crippen molar-refractivity contribution in [1.29, 1.82) is 0 Å². The molecule has 2 aliphatic rings. The van der Waals surface area contributed by atoms with Crippen LogP contribution in [0.15, 0.2) is 0 Å². The van der Waals surface area contributed by atoms with Crippen molar-refractivity contribution in [2.45, 2.75) is 71.1 Å². The quantitative estimate of drug-likeness (QED) is 0.753. The van der Waals surface area contributed by atoms with Crippen LogP contribution in [0.1, 0.15) is 71.1 Å². The average Bonchev–Trinajstić information content (AvgIpc) is 2.75. The molecule has 0 bridgehead atoms. The van der Waals surface area contributed by atoms with Gasteiger partial charge in [-0.3, -0.25) is 9.59 Å². The number of carboxylic acid groups (broad SMARTS) is 1. The van der Waals surface area contributed by atoms with Gasteiger partial charge in [-0.2, -0.15) is 0 Å². The third-order valence-corrected chi connectivity index (χ3v) is 5.55. The van der Waals surface area contributed by atoms with E-state index in [1.807, 2.05) is 0 Å². The summed E-state index contributed by atoms with van der Waals surface area (Å²) in [6.07, 6.45) is 9.21. The Balaban J connectivity index is 1.84. The van der Waals surface area contributed by atoms with E-state index in [1.165, 1.54) is 19.3 Å². The molecule has 4 heteroatoms. The SMILES string of the molecule is CCC1(CNC(=O)CC2(CC(=O)O)CCCC2)CCC1. The molecule has 20 heavy (non-hydrogen) atoms. The Morgan fingerprint density at radius 1 is 1.00 bits per heavy atom. The minimum atomic E-state index is -0.774. The molecule has 0 aromatic heterocycles. The molecule has 1 amide bonds. The van der Waals surface area contributed by atoms with Crippen molar-refractivity contribution in [2.75, 3.05) is 6.54 Å². The van der Waals surface area contributed by atoms with Crippen molar-refractivity contribution < 1.29 is 14.7 Å². The standard InChI is InChI=1S/C16H27NO3/c1-2-15(8-5-9-15)12-17-13(18)10-16(11-14(19)20)6-3-4-7-16/h2-12H2,1H3,(H,17,18)(H,19,20). The molecule has 0 saturated heterocycles. The number of rotatable bonds is 7. The van der Waals surface area contributed by atoms with Gasteiger partial charge in [0.05, 0.1) is 6.42 Å². The lowest BCUT2D eigenvalue weighted by Gasteiger charge is -2.41. The second kappa shape index (κ2) is 6.15. The zero-order valence-electron chi connectivity index (χ0n) is 12.5. The Kier molecular flexibility index (Phi) is 4.71. The van der Waals surface area contributed by atoms with E-state index in [4.69, 9.17) is 5.11 Å². The summed E-state index contributed by atoms with van der Waals surface area (Å²) in [5.74, 6) is -0.725. The van der Waals surface area contributed by atoms with E-state index in [1.54, 1.807) is 0 Å². The summed E-state index contributed by atoms with van der Waals surface area (Å²) in [5.41, 5.74) is 0.0419. The highest BCUT2D eigenvalue weighted by Crippen LogP contribution is 2.45. The van der Waals surface area contributed by atoms with Crippen molar-refractivity contribution in [3.05, 3.63) is 0 Å². The third kappa shape index (κ3) is 3.53. The van der Waals surface area contributed by atoms with Crippen LogP contribution in [0.4, 0.5) is 0 Å². The van der Waals surface area contributed by atoms with E-state index in [2.05, 4.69) is 12.2 Å². The van der Waals surface area contributed by atoms with Crippen LogP contribution >= 0.6 is 0 Å². The molecule has 0 atom stereocenters. The zero-order valence-corrected chi connectivity index (χ0v) is 12.5. The molecule has 4 nitrogen and oxygen atoms in total. The van der Waals surface area contributed by atoms with Crippen LogP contribution in [-0.2, 0) is 9.59 Å². The maximum absolute atomic E-state index is 12.2. The number of hydrogen-bond acceptors (Lipinski definition) is 2. The predicted molar refractivity (Wildman–Crippen MR) is 77.4 cm³/mol. The molecule has 0 heterocycles. The Bertz CT molecular complexity index is 362. The molecule has 2 aliphatic carbocycles. The van der Waals surface area contributed by atoms with E-state index in [9.17, 15) is 9.59 Å². The van der Waals surface area contributed by atoms with Gasteiger partial charge in [-0.1, -0.05) is 26.2 Å². The van der Waals surface area contributed by atoms with Crippen molar-refractivity contribution in [1.82, 2.24) is 5.32 Å². The van der Waals surface area contributed by atoms with Crippen molar-refractivity contribution in [3.8, 4) is 0 Å². The maximum Gasteiger partial charge on any atom is 0.303 e. The first-order valence-electron chi connectivity index (χ1n) is 7.98. The molecular formula is C16H27NO3. The van der Waals surface area contributed by atoms with Crippen LogP contribution < -0.4 is 5.32 Å². The largest absolute Gasteiger partial charge is 0.481 e. The van der Waals surface area contributed by atoms with Gasteiger partial charge in [0.1, 0.15) is 0 Å². The van der Waals surface area contributed by atoms with Crippen molar-refractivity contribution >= 4 is 11.9 Å². The Labute approximate surface area is 121 Å². The van der Waals surface area contributed by atoms with Crippen LogP contribution in [0.2, 0.25) is 0 Å². The van der Waals surface area contributed by atoms with Crippen LogP contribution in [0, 0.1) is 10.8 Å². The summed E-state index contributed by atoms with van der Waals surface area (Å²) in [6.45, 7) is 2.96. The zero-order chi connectivity index (χ0) is 14.6. The van der Waals surface area contributed by atoms with E-state index >= 15 is 0 Å². The third-order valence-electron chi connectivity index (χ3n) is 5.55. The average molecular weight is 281 g/mol. The molecule has 114 valence electrons. The molecule has 2 saturated carbocycles. The fourth-order valence-electron chi connectivity index (χ4n) is 3.88. The highest BCUT2D eigenvalue weighted by Gasteiger charge is 2.39. The fourth-order valence-corrected chi connectivity index (χ4v) is 3.88. The molecule has 0 aromatic rings. The van der Waals surface area contributed by atoms with E-state index < -0.39 is 5.97 Å². The molecule has 2 rings (SSSR count). The van der Waals surface area contributed by atoms with E-state index in [-0.39, 0.29) is 17.7 Å². The lowest BCUT2D eigenvalue weighted by Crippen LogP contribution is -2.43. The summed E-state index contributed by atoms with van der Waals surface area (Å²) >= 11 is 0. The summed E-state index contributed by atoms with van der Waals surface area (Å²) in [4.78, 5) is 23.2. The first-order chi connectivity index (χ1) is 9.49. The molecule has 2 N–H and O–H groups in total. The van der Waals surface area contributed by atoms with Gasteiger partial charge >= 0.3 is 5.97 Å². The Morgan fingerprint density at radius 3 is 2.05 bits per heavy atom. The van der Waals surface area contributed by atoms with Crippen molar-refractivity contribution in [3.63, 3.8) is 0 Å². The van der Waals surface area contributed by atoms with Crippen LogP contribution in [0.25, 0.3) is 0 Å². The lowest BCUT2D eigenvalue weighted by atomic mass is 9.67. The molecule has 0 spiro atoms. The molecule has 0 aliphatic heterocycles. The topological polar surface area (TPSA) is 66.4 Å². The highest BCUT2D eigenvalue weighted by molar-refractivity contribution is 5.78. The van der Waals surface area contributed by atoms with Gasteiger partial charge in [0.2, 0.25) is 5.91 Å². The highest BCUT2D eigenvalue weighted by atomic mass is 16.4. The predicted octanol–water partition coefficient (Wildman–Crippen LogP) is 3.11. The Hall–Kier alpha value is -1.06. The minimum absolute atomic E-state index is 0.0490. The second-order valence-electron chi connectivity index (χ2n) is 6.94. The summed E-state index contributed by atoms with van der Waals surface area (Å²) < 4.78 is 0. The molecular weight excluding hydrogens is 254 g/mol. The number of carbonyl (C=O) groups is 2. The summed E-state index contributed by atoms with van der Waals surface area (Å²) in [5, 5.41) is 12.1. The first-order valence-corrected chi connectivity index (χ1v) is 7.98. The van der Waals surface area contributed by atoms with Gasteiger partial charge in [-0.15, -0.1) is 0 Å². The monoisotopic (exact) mass is 281 g/mol. The Morgan fingerprint density at radius 2 is 1.60 bits per heavy atom. The van der Waals surface area contributed by atoms with E-state index in [0.29, 0.717) is 11.8 Å². The number of amides is 1. The van der Waals surface area contributed by atoms with Gasteiger partial charge in [0, 0.05) is 13.0 Å². The summed E-state index contributed by atoms with van der Waals surface area (Å²) in [7, 11) is 0. The van der Waals surface area contributed by atoms with E-state index in [0.717, 1.165) is 38.6 Å². The number of carboxylic acids is 1. The number of carbonyl (C=O) groups excluding carboxylic acids is 1. The van der Waals surface area contributed by atoms with Gasteiger partial charge < -0.3 is 10.4 Å². The molecule has 0 unspecified atom stereocenters. The van der Waals surface area contributed by atoms with Gasteiger partial charge in [-0.25, -0.2) is 0 Å².